The summed E-state index contributed by atoms with van der Waals surface area (Å²) in [7, 11) is 0. The predicted molar refractivity (Wildman–Crippen MR) is 68.7 cm³/mol. The average Bonchev–Trinajstić information content (AvgIpc) is 2.71. The lowest BCUT2D eigenvalue weighted by atomic mass is 10.1. The number of nitrogens with one attached hydrogen (secondary N) is 1. The Morgan fingerprint density at radius 2 is 2.00 bits per heavy atom. The molecule has 1 aromatic carbocycles. The summed E-state index contributed by atoms with van der Waals surface area (Å²) < 4.78 is 0. The Kier molecular flexibility index (Phi) is 3.79. The van der Waals surface area contributed by atoms with Crippen LogP contribution in [0.15, 0.2) is 24.3 Å². The van der Waals surface area contributed by atoms with Crippen LogP contribution >= 0.6 is 0 Å². The second kappa shape index (κ2) is 5.32. The van der Waals surface area contributed by atoms with E-state index in [0.717, 1.165) is 25.7 Å². The van der Waals surface area contributed by atoms with Gasteiger partial charge in [-0.05, 0) is 30.4 Å². The van der Waals surface area contributed by atoms with Crippen LogP contribution in [0, 0.1) is 0 Å². The highest BCUT2D eigenvalue weighted by atomic mass is 16.2. The number of nitrogens with two attached hydrogens (primary N) is 1. The van der Waals surface area contributed by atoms with E-state index in [2.05, 4.69) is 17.4 Å². The lowest BCUT2D eigenvalue weighted by molar-refractivity contribution is -0.123. The van der Waals surface area contributed by atoms with Gasteiger partial charge in [-0.25, -0.2) is 0 Å². The van der Waals surface area contributed by atoms with Crippen LogP contribution in [-0.4, -0.2) is 18.0 Å². The number of benzene rings is 1. The minimum absolute atomic E-state index is 0.00958. The normalized spacial score (nSPS) is 16.6. The molecule has 3 nitrogen and oxygen atoms in total. The molecule has 1 amide bonds. The van der Waals surface area contributed by atoms with E-state index in [4.69, 9.17) is 5.73 Å². The zero-order chi connectivity index (χ0) is 12.3. The number of fused-ring (bicyclic) bond motifs is 1. The summed E-state index contributed by atoms with van der Waals surface area (Å²) >= 11 is 0. The summed E-state index contributed by atoms with van der Waals surface area (Å²) in [6.07, 6.45) is 3.56. The topological polar surface area (TPSA) is 55.1 Å². The second-order valence-corrected chi connectivity index (χ2v) is 4.78. The summed E-state index contributed by atoms with van der Waals surface area (Å²) in [6.45, 7) is 2.04. The van der Waals surface area contributed by atoms with Crippen molar-refractivity contribution in [3.8, 4) is 0 Å². The van der Waals surface area contributed by atoms with Crippen molar-refractivity contribution in [3.63, 3.8) is 0 Å². The number of hydrogen-bond acceptors (Lipinski definition) is 2. The molecule has 1 aromatic rings. The van der Waals surface area contributed by atoms with E-state index in [9.17, 15) is 4.79 Å². The maximum atomic E-state index is 11.8. The molecular formula is C14H20N2O. The van der Waals surface area contributed by atoms with Gasteiger partial charge in [0, 0.05) is 6.04 Å². The van der Waals surface area contributed by atoms with Crippen molar-refractivity contribution in [2.24, 2.45) is 5.73 Å². The molecule has 0 saturated heterocycles. The van der Waals surface area contributed by atoms with Crippen LogP contribution in [0.4, 0.5) is 0 Å². The number of carbonyl (C=O) groups is 1. The summed E-state index contributed by atoms with van der Waals surface area (Å²) in [5.41, 5.74) is 8.50. The minimum Gasteiger partial charge on any atom is -0.351 e. The van der Waals surface area contributed by atoms with Crippen molar-refractivity contribution in [3.05, 3.63) is 35.4 Å². The molecule has 1 aliphatic rings. The first kappa shape index (κ1) is 12.1. The van der Waals surface area contributed by atoms with Crippen LogP contribution in [0.5, 0.6) is 0 Å². The van der Waals surface area contributed by atoms with Crippen LogP contribution in [0.1, 0.15) is 30.9 Å². The summed E-state index contributed by atoms with van der Waals surface area (Å²) in [6, 6.07) is 8.23. The number of amides is 1. The van der Waals surface area contributed by atoms with E-state index < -0.39 is 0 Å². The Balaban J connectivity index is 1.89. The Labute approximate surface area is 102 Å². The molecule has 0 spiro atoms. The van der Waals surface area contributed by atoms with Gasteiger partial charge in [0.2, 0.25) is 5.91 Å². The first-order valence-corrected chi connectivity index (χ1v) is 6.33. The highest BCUT2D eigenvalue weighted by molar-refractivity contribution is 5.81. The van der Waals surface area contributed by atoms with E-state index in [0.29, 0.717) is 0 Å². The van der Waals surface area contributed by atoms with Gasteiger partial charge in [-0.15, -0.1) is 0 Å². The van der Waals surface area contributed by atoms with Gasteiger partial charge in [-0.1, -0.05) is 37.6 Å². The molecule has 0 saturated carbocycles. The van der Waals surface area contributed by atoms with E-state index in [-0.39, 0.29) is 18.0 Å². The Morgan fingerprint density at radius 3 is 2.53 bits per heavy atom. The number of rotatable bonds is 4. The van der Waals surface area contributed by atoms with Crippen molar-refractivity contribution in [1.82, 2.24) is 5.32 Å². The van der Waals surface area contributed by atoms with Crippen LogP contribution < -0.4 is 11.1 Å². The third-order valence-electron chi connectivity index (χ3n) is 3.33. The molecule has 3 heteroatoms. The smallest absolute Gasteiger partial charge is 0.237 e. The van der Waals surface area contributed by atoms with Crippen LogP contribution in [-0.2, 0) is 17.6 Å². The third kappa shape index (κ3) is 2.86. The van der Waals surface area contributed by atoms with Gasteiger partial charge in [0.25, 0.3) is 0 Å². The van der Waals surface area contributed by atoms with Crippen molar-refractivity contribution >= 4 is 5.91 Å². The summed E-state index contributed by atoms with van der Waals surface area (Å²) in [4.78, 5) is 11.8. The fraction of sp³-hybridized carbons (Fsp3) is 0.500. The van der Waals surface area contributed by atoms with E-state index in [1.807, 2.05) is 19.1 Å². The molecule has 0 bridgehead atoms. The van der Waals surface area contributed by atoms with Gasteiger partial charge in [-0.3, -0.25) is 4.79 Å². The Hall–Kier alpha value is -1.35. The molecule has 1 aliphatic carbocycles. The SMILES string of the molecule is CCC[C@H](N)C(=O)NC1Cc2ccccc2C1. The van der Waals surface area contributed by atoms with Gasteiger partial charge < -0.3 is 11.1 Å². The van der Waals surface area contributed by atoms with Crippen molar-refractivity contribution in [2.45, 2.75) is 44.7 Å². The van der Waals surface area contributed by atoms with Gasteiger partial charge in [0.05, 0.1) is 6.04 Å². The first-order valence-electron chi connectivity index (χ1n) is 6.33. The quantitative estimate of drug-likeness (QED) is 0.824. The van der Waals surface area contributed by atoms with Gasteiger partial charge in [-0.2, -0.15) is 0 Å². The fourth-order valence-corrected chi connectivity index (χ4v) is 2.41. The zero-order valence-electron chi connectivity index (χ0n) is 10.3. The second-order valence-electron chi connectivity index (χ2n) is 4.78. The molecule has 0 heterocycles. The Morgan fingerprint density at radius 1 is 1.41 bits per heavy atom. The molecule has 3 N–H and O–H groups in total. The molecule has 0 fully saturated rings. The molecule has 17 heavy (non-hydrogen) atoms. The number of carbonyl (C=O) groups excluding carboxylic acids is 1. The third-order valence-corrected chi connectivity index (χ3v) is 3.33. The molecule has 1 atom stereocenters. The van der Waals surface area contributed by atoms with Crippen LogP contribution in [0.3, 0.4) is 0 Å². The van der Waals surface area contributed by atoms with E-state index in [1.54, 1.807) is 0 Å². The highest BCUT2D eigenvalue weighted by Gasteiger charge is 2.24. The zero-order valence-corrected chi connectivity index (χ0v) is 10.3. The first-order chi connectivity index (χ1) is 8.20. The number of hydrogen-bond donors (Lipinski definition) is 2. The molecule has 0 aromatic heterocycles. The van der Waals surface area contributed by atoms with Crippen molar-refractivity contribution in [2.75, 3.05) is 0 Å². The monoisotopic (exact) mass is 232 g/mol. The van der Waals surface area contributed by atoms with Gasteiger partial charge >= 0.3 is 0 Å². The average molecular weight is 232 g/mol. The van der Waals surface area contributed by atoms with E-state index >= 15 is 0 Å². The molecule has 2 rings (SSSR count). The molecule has 92 valence electrons. The lowest BCUT2D eigenvalue weighted by Gasteiger charge is -2.16. The summed E-state index contributed by atoms with van der Waals surface area (Å²) in [5.74, 6) is -0.00958. The van der Waals surface area contributed by atoms with E-state index in [1.165, 1.54) is 11.1 Å². The lowest BCUT2D eigenvalue weighted by Crippen LogP contribution is -2.45. The largest absolute Gasteiger partial charge is 0.351 e. The highest BCUT2D eigenvalue weighted by Crippen LogP contribution is 2.21. The van der Waals surface area contributed by atoms with Gasteiger partial charge in [0.15, 0.2) is 0 Å². The Bertz CT molecular complexity index is 378. The van der Waals surface area contributed by atoms with Crippen molar-refractivity contribution in [1.29, 1.82) is 0 Å². The molecule has 0 aliphatic heterocycles. The van der Waals surface area contributed by atoms with Crippen LogP contribution in [0.25, 0.3) is 0 Å². The predicted octanol–water partition coefficient (Wildman–Crippen LogP) is 1.40. The van der Waals surface area contributed by atoms with Gasteiger partial charge in [0.1, 0.15) is 0 Å². The maximum absolute atomic E-state index is 11.8. The standard InChI is InChI=1S/C14H20N2O/c1-2-5-13(15)14(17)16-12-8-10-6-3-4-7-11(10)9-12/h3-4,6-7,12-13H,2,5,8-9,15H2,1H3,(H,16,17)/t13-/m0/s1. The fourth-order valence-electron chi connectivity index (χ4n) is 2.41. The van der Waals surface area contributed by atoms with Crippen molar-refractivity contribution < 1.29 is 4.79 Å². The molecule has 0 unspecified atom stereocenters. The summed E-state index contributed by atoms with van der Waals surface area (Å²) in [5, 5.41) is 3.05. The molecular weight excluding hydrogens is 212 g/mol. The maximum Gasteiger partial charge on any atom is 0.237 e. The molecule has 0 radical (unpaired) electrons. The van der Waals surface area contributed by atoms with Crippen LogP contribution in [0.2, 0.25) is 0 Å². The minimum atomic E-state index is -0.358.